The van der Waals surface area contributed by atoms with E-state index in [0.717, 1.165) is 22.1 Å². The van der Waals surface area contributed by atoms with E-state index in [1.165, 1.54) is 17.3 Å². The largest absolute Gasteiger partial charge is 0.325 e. The maximum atomic E-state index is 12.5. The van der Waals surface area contributed by atoms with Crippen LogP contribution < -0.4 is 5.32 Å². The molecule has 0 aliphatic heterocycles. The summed E-state index contributed by atoms with van der Waals surface area (Å²) in [5, 5.41) is 14.0. The van der Waals surface area contributed by atoms with Gasteiger partial charge in [-0.05, 0) is 35.1 Å². The number of carbonyl (C=O) groups excluding carboxylic acids is 1. The van der Waals surface area contributed by atoms with Crippen molar-refractivity contribution in [1.29, 1.82) is 0 Å². The van der Waals surface area contributed by atoms with Gasteiger partial charge in [-0.3, -0.25) is 9.36 Å². The van der Waals surface area contributed by atoms with Crippen molar-refractivity contribution in [2.24, 2.45) is 0 Å². The lowest BCUT2D eigenvalue weighted by molar-refractivity contribution is -0.113. The van der Waals surface area contributed by atoms with E-state index < -0.39 is 0 Å². The molecular weight excluding hydrogens is 380 g/mol. The molecule has 0 bridgehead atoms. The van der Waals surface area contributed by atoms with Gasteiger partial charge in [0, 0.05) is 16.8 Å². The molecule has 0 spiro atoms. The van der Waals surface area contributed by atoms with Crippen LogP contribution in [0.4, 0.5) is 5.69 Å². The molecule has 0 unspecified atom stereocenters. The Bertz CT molecular complexity index is 1130. The summed E-state index contributed by atoms with van der Waals surface area (Å²) < 4.78 is 1.90. The third-order valence-electron chi connectivity index (χ3n) is 4.75. The zero-order valence-corrected chi connectivity index (χ0v) is 17.2. The van der Waals surface area contributed by atoms with Crippen LogP contribution in [0.25, 0.3) is 16.5 Å². The van der Waals surface area contributed by atoms with Gasteiger partial charge in [-0.1, -0.05) is 74.1 Å². The summed E-state index contributed by atoms with van der Waals surface area (Å²) >= 11 is 1.37. The minimum Gasteiger partial charge on any atom is -0.325 e. The second-order valence-electron chi connectivity index (χ2n) is 7.09. The predicted molar refractivity (Wildman–Crippen MR) is 119 cm³/mol. The predicted octanol–water partition coefficient (Wildman–Crippen LogP) is 5.27. The van der Waals surface area contributed by atoms with E-state index in [-0.39, 0.29) is 11.7 Å². The molecular formula is C23H22N4OS. The van der Waals surface area contributed by atoms with Crippen LogP contribution in [0.2, 0.25) is 0 Å². The molecule has 4 aromatic rings. The number of hydrogen-bond acceptors (Lipinski definition) is 4. The van der Waals surface area contributed by atoms with Gasteiger partial charge in [0.25, 0.3) is 0 Å². The number of carbonyl (C=O) groups is 1. The molecule has 29 heavy (non-hydrogen) atoms. The van der Waals surface area contributed by atoms with Crippen molar-refractivity contribution >= 4 is 34.1 Å². The summed E-state index contributed by atoms with van der Waals surface area (Å²) in [5.74, 6) is 0.666. The van der Waals surface area contributed by atoms with Crippen molar-refractivity contribution in [1.82, 2.24) is 14.8 Å². The number of fused-ring (bicyclic) bond motifs is 1. The quantitative estimate of drug-likeness (QED) is 0.446. The van der Waals surface area contributed by atoms with Crippen LogP contribution in [0.1, 0.15) is 25.3 Å². The number of hydrogen-bond donors (Lipinski definition) is 1. The number of nitrogens with one attached hydrogen (secondary N) is 1. The van der Waals surface area contributed by atoms with Gasteiger partial charge in [-0.25, -0.2) is 0 Å². The summed E-state index contributed by atoms with van der Waals surface area (Å²) in [6, 6.07) is 22.2. The van der Waals surface area contributed by atoms with E-state index in [0.29, 0.717) is 11.1 Å². The topological polar surface area (TPSA) is 59.8 Å². The fourth-order valence-electron chi connectivity index (χ4n) is 3.17. The lowest BCUT2D eigenvalue weighted by Gasteiger charge is -2.10. The Kier molecular flexibility index (Phi) is 5.62. The molecule has 0 aliphatic rings. The molecule has 0 saturated carbocycles. The molecule has 5 nitrogen and oxygen atoms in total. The van der Waals surface area contributed by atoms with Crippen molar-refractivity contribution in [2.45, 2.75) is 24.9 Å². The Morgan fingerprint density at radius 1 is 1.03 bits per heavy atom. The van der Waals surface area contributed by atoms with Crippen molar-refractivity contribution in [2.75, 3.05) is 11.1 Å². The first-order valence-electron chi connectivity index (χ1n) is 9.52. The number of rotatable bonds is 6. The molecule has 1 N–H and O–H groups in total. The molecule has 3 aromatic carbocycles. The number of benzene rings is 3. The Balaban J connectivity index is 1.44. The highest BCUT2D eigenvalue weighted by atomic mass is 32.2. The van der Waals surface area contributed by atoms with Gasteiger partial charge in [-0.2, -0.15) is 0 Å². The Hall–Kier alpha value is -3.12. The van der Waals surface area contributed by atoms with Crippen molar-refractivity contribution < 1.29 is 4.79 Å². The average molecular weight is 403 g/mol. The molecule has 1 heterocycles. The summed E-state index contributed by atoms with van der Waals surface area (Å²) in [4.78, 5) is 12.5. The standard InChI is InChI=1S/C23H22N4OS/c1-16(2)17-10-12-19(13-11-17)27-15-24-26-23(27)29-14-22(28)25-21-9-5-7-18-6-3-4-8-20(18)21/h3-13,15-16H,14H2,1-2H3,(H,25,28). The van der Waals surface area contributed by atoms with Crippen molar-refractivity contribution in [3.8, 4) is 5.69 Å². The van der Waals surface area contributed by atoms with Gasteiger partial charge in [0.15, 0.2) is 5.16 Å². The number of thioether (sulfide) groups is 1. The summed E-state index contributed by atoms with van der Waals surface area (Å²) in [7, 11) is 0. The van der Waals surface area contributed by atoms with E-state index in [1.54, 1.807) is 6.33 Å². The van der Waals surface area contributed by atoms with E-state index in [1.807, 2.05) is 47.0 Å². The second-order valence-corrected chi connectivity index (χ2v) is 8.04. The van der Waals surface area contributed by atoms with E-state index in [9.17, 15) is 4.79 Å². The lowest BCUT2D eigenvalue weighted by atomic mass is 10.0. The SMILES string of the molecule is CC(C)c1ccc(-n2cnnc2SCC(=O)Nc2cccc3ccccc23)cc1. The van der Waals surface area contributed by atoms with Gasteiger partial charge in [0.05, 0.1) is 5.75 Å². The Morgan fingerprint density at radius 2 is 1.79 bits per heavy atom. The number of amides is 1. The van der Waals surface area contributed by atoms with Crippen LogP contribution >= 0.6 is 11.8 Å². The van der Waals surface area contributed by atoms with E-state index in [4.69, 9.17) is 0 Å². The molecule has 0 saturated heterocycles. The molecule has 1 amide bonds. The monoisotopic (exact) mass is 402 g/mol. The average Bonchev–Trinajstić information content (AvgIpc) is 3.21. The highest BCUT2D eigenvalue weighted by Gasteiger charge is 2.12. The van der Waals surface area contributed by atoms with Crippen LogP contribution in [0, 0.1) is 0 Å². The summed E-state index contributed by atoms with van der Waals surface area (Å²) in [6.07, 6.45) is 1.68. The number of anilines is 1. The third kappa shape index (κ3) is 4.32. The van der Waals surface area contributed by atoms with E-state index in [2.05, 4.69) is 53.6 Å². The maximum absolute atomic E-state index is 12.5. The molecule has 6 heteroatoms. The Morgan fingerprint density at radius 3 is 2.59 bits per heavy atom. The minimum atomic E-state index is -0.0731. The molecule has 0 atom stereocenters. The van der Waals surface area contributed by atoms with Crippen LogP contribution in [-0.2, 0) is 4.79 Å². The zero-order chi connectivity index (χ0) is 20.2. The maximum Gasteiger partial charge on any atom is 0.234 e. The van der Waals surface area contributed by atoms with E-state index >= 15 is 0 Å². The minimum absolute atomic E-state index is 0.0731. The summed E-state index contributed by atoms with van der Waals surface area (Å²) in [5.41, 5.74) is 3.08. The molecule has 0 aliphatic carbocycles. The van der Waals surface area contributed by atoms with Crippen molar-refractivity contribution in [3.05, 3.63) is 78.6 Å². The van der Waals surface area contributed by atoms with Crippen LogP contribution in [0.15, 0.2) is 78.2 Å². The highest BCUT2D eigenvalue weighted by molar-refractivity contribution is 7.99. The first-order valence-corrected chi connectivity index (χ1v) is 10.5. The first-order chi connectivity index (χ1) is 14.1. The zero-order valence-electron chi connectivity index (χ0n) is 16.4. The third-order valence-corrected chi connectivity index (χ3v) is 5.69. The fraction of sp³-hybridized carbons (Fsp3) is 0.174. The highest BCUT2D eigenvalue weighted by Crippen LogP contribution is 2.25. The number of aromatic nitrogens is 3. The van der Waals surface area contributed by atoms with Gasteiger partial charge < -0.3 is 5.32 Å². The molecule has 0 radical (unpaired) electrons. The van der Waals surface area contributed by atoms with Gasteiger partial charge in [0.2, 0.25) is 5.91 Å². The Labute approximate surface area is 174 Å². The normalized spacial score (nSPS) is 11.1. The van der Waals surface area contributed by atoms with Crippen molar-refractivity contribution in [3.63, 3.8) is 0 Å². The summed E-state index contributed by atoms with van der Waals surface area (Å²) in [6.45, 7) is 4.34. The molecule has 0 fully saturated rings. The van der Waals surface area contributed by atoms with Gasteiger partial charge in [0.1, 0.15) is 6.33 Å². The second kappa shape index (κ2) is 8.49. The molecule has 146 valence electrons. The van der Waals surface area contributed by atoms with Gasteiger partial charge >= 0.3 is 0 Å². The van der Waals surface area contributed by atoms with Crippen LogP contribution in [-0.4, -0.2) is 26.4 Å². The smallest absolute Gasteiger partial charge is 0.234 e. The molecule has 4 rings (SSSR count). The first kappa shape index (κ1) is 19.2. The fourth-order valence-corrected chi connectivity index (χ4v) is 3.90. The number of nitrogens with zero attached hydrogens (tertiary/aromatic N) is 3. The lowest BCUT2D eigenvalue weighted by Crippen LogP contribution is -2.14. The van der Waals surface area contributed by atoms with Crippen LogP contribution in [0.3, 0.4) is 0 Å². The van der Waals surface area contributed by atoms with Gasteiger partial charge in [-0.15, -0.1) is 10.2 Å². The van der Waals surface area contributed by atoms with Crippen LogP contribution in [0.5, 0.6) is 0 Å². The molecule has 1 aromatic heterocycles.